The highest BCUT2D eigenvalue weighted by molar-refractivity contribution is 8.00. The second-order valence-corrected chi connectivity index (χ2v) is 9.77. The molecule has 1 unspecified atom stereocenters. The molecule has 0 radical (unpaired) electrons. The summed E-state index contributed by atoms with van der Waals surface area (Å²) in [5.41, 5.74) is 12.1. The van der Waals surface area contributed by atoms with Crippen molar-refractivity contribution >= 4 is 23.5 Å². The highest BCUT2D eigenvalue weighted by atomic mass is 32.2. The Morgan fingerprint density at radius 2 is 1.46 bits per heavy atom. The van der Waals surface area contributed by atoms with Gasteiger partial charge >= 0.3 is 6.09 Å². The van der Waals surface area contributed by atoms with Crippen LogP contribution in [0.2, 0.25) is 0 Å². The number of halogens is 1. The first-order valence-corrected chi connectivity index (χ1v) is 12.6. The third-order valence-electron chi connectivity index (χ3n) is 6.31. The van der Waals surface area contributed by atoms with Crippen LogP contribution >= 0.6 is 11.8 Å². The minimum atomic E-state index is -0.733. The minimum absolute atomic E-state index is 0.0412. The SMILES string of the molecule is [N-]=[N+]=NCC1COC(=O)N1c1ccc(SC(c2ccccc2)(c2ccccc2)c2ccccc2)c(F)c1. The van der Waals surface area contributed by atoms with Crippen LogP contribution in [0.15, 0.2) is 119 Å². The number of anilines is 1. The molecule has 5 rings (SSSR count). The quantitative estimate of drug-likeness (QED) is 0.0807. The van der Waals surface area contributed by atoms with Gasteiger partial charge in [-0.1, -0.05) is 96.1 Å². The Bertz CT molecular complexity index is 1330. The van der Waals surface area contributed by atoms with Crippen LogP contribution in [0.25, 0.3) is 10.4 Å². The number of cyclic esters (lactones) is 1. The molecule has 1 amide bonds. The van der Waals surface area contributed by atoms with Gasteiger partial charge in [-0.15, -0.1) is 11.8 Å². The molecule has 1 atom stereocenters. The number of benzene rings is 4. The number of hydrogen-bond donors (Lipinski definition) is 0. The van der Waals surface area contributed by atoms with Gasteiger partial charge in [0.15, 0.2) is 0 Å². The fraction of sp³-hybridized carbons (Fsp3) is 0.138. The molecule has 1 aliphatic heterocycles. The standard InChI is InChI=1S/C29H23FN4O2S/c30-26-18-24(34-25(19-32-33-31)20-36-28(34)35)16-17-27(26)37-29(21-10-4-1-5-11-21,22-12-6-2-7-13-22)23-14-8-3-9-15-23/h1-18,25H,19-20H2. The van der Waals surface area contributed by atoms with E-state index in [9.17, 15) is 4.79 Å². The number of ether oxygens (including phenoxy) is 1. The number of carbonyl (C=O) groups excluding carboxylic acids is 1. The lowest BCUT2D eigenvalue weighted by Crippen LogP contribution is -2.35. The average molecular weight is 511 g/mol. The topological polar surface area (TPSA) is 78.3 Å². The highest BCUT2D eigenvalue weighted by Crippen LogP contribution is 2.52. The monoisotopic (exact) mass is 510 g/mol. The van der Waals surface area contributed by atoms with Crippen LogP contribution < -0.4 is 4.90 Å². The molecule has 0 aromatic heterocycles. The number of nitrogens with zero attached hydrogens (tertiary/aromatic N) is 4. The molecule has 0 N–H and O–H groups in total. The van der Waals surface area contributed by atoms with Crippen LogP contribution in [-0.2, 0) is 9.48 Å². The largest absolute Gasteiger partial charge is 0.447 e. The Hall–Kier alpha value is -4.26. The van der Waals surface area contributed by atoms with Crippen molar-refractivity contribution in [3.63, 3.8) is 0 Å². The summed E-state index contributed by atoms with van der Waals surface area (Å²) >= 11 is 1.41. The van der Waals surface area contributed by atoms with Crippen molar-refractivity contribution in [1.29, 1.82) is 0 Å². The van der Waals surface area contributed by atoms with Crippen LogP contribution in [-0.4, -0.2) is 25.3 Å². The summed E-state index contributed by atoms with van der Waals surface area (Å²) in [5.74, 6) is -0.461. The maximum absolute atomic E-state index is 15.8. The molecule has 4 aromatic carbocycles. The molecule has 1 aliphatic rings. The molecule has 1 saturated heterocycles. The summed E-state index contributed by atoms with van der Waals surface area (Å²) in [4.78, 5) is 16.9. The van der Waals surface area contributed by atoms with E-state index in [-0.39, 0.29) is 13.2 Å². The molecule has 184 valence electrons. The lowest BCUT2D eigenvalue weighted by molar-refractivity contribution is 0.179. The van der Waals surface area contributed by atoms with Gasteiger partial charge in [-0.3, -0.25) is 4.90 Å². The van der Waals surface area contributed by atoms with E-state index in [4.69, 9.17) is 10.3 Å². The number of azide groups is 1. The molecule has 4 aromatic rings. The van der Waals surface area contributed by atoms with Crippen molar-refractivity contribution in [2.75, 3.05) is 18.1 Å². The number of thioether (sulfide) groups is 1. The van der Waals surface area contributed by atoms with E-state index >= 15 is 4.39 Å². The molecule has 0 saturated carbocycles. The van der Waals surface area contributed by atoms with E-state index in [1.165, 1.54) is 22.7 Å². The van der Waals surface area contributed by atoms with Crippen molar-refractivity contribution in [1.82, 2.24) is 0 Å². The van der Waals surface area contributed by atoms with Crippen LogP contribution in [0.3, 0.4) is 0 Å². The first-order valence-electron chi connectivity index (χ1n) is 11.8. The van der Waals surface area contributed by atoms with Gasteiger partial charge in [0.1, 0.15) is 12.4 Å². The van der Waals surface area contributed by atoms with Crippen molar-refractivity contribution in [2.45, 2.75) is 15.7 Å². The van der Waals surface area contributed by atoms with Gasteiger partial charge in [0.25, 0.3) is 0 Å². The van der Waals surface area contributed by atoms with E-state index in [1.807, 2.05) is 54.6 Å². The summed E-state index contributed by atoms with van der Waals surface area (Å²) < 4.78 is 20.2. The first kappa shape index (κ1) is 24.4. The van der Waals surface area contributed by atoms with Crippen LogP contribution in [0.5, 0.6) is 0 Å². The number of rotatable bonds is 8. The van der Waals surface area contributed by atoms with E-state index in [2.05, 4.69) is 46.4 Å². The van der Waals surface area contributed by atoms with Gasteiger partial charge in [0, 0.05) is 9.81 Å². The van der Waals surface area contributed by atoms with E-state index in [1.54, 1.807) is 12.1 Å². The molecular formula is C29H23FN4O2S. The van der Waals surface area contributed by atoms with Gasteiger partial charge in [-0.25, -0.2) is 9.18 Å². The molecule has 0 aliphatic carbocycles. The summed E-state index contributed by atoms with van der Waals surface area (Å²) in [5, 5.41) is 3.56. The molecule has 0 bridgehead atoms. The van der Waals surface area contributed by atoms with Crippen LogP contribution in [0, 0.1) is 5.82 Å². The fourth-order valence-electron chi connectivity index (χ4n) is 4.62. The van der Waals surface area contributed by atoms with Crippen molar-refractivity contribution in [3.8, 4) is 0 Å². The Labute approximate surface area is 218 Å². The van der Waals surface area contributed by atoms with E-state index < -0.39 is 22.7 Å². The average Bonchev–Trinajstić information content (AvgIpc) is 3.32. The lowest BCUT2D eigenvalue weighted by atomic mass is 9.84. The summed E-state index contributed by atoms with van der Waals surface area (Å²) in [6.07, 6.45) is -0.592. The molecule has 8 heteroatoms. The normalized spacial score (nSPS) is 15.2. The third kappa shape index (κ3) is 4.77. The van der Waals surface area contributed by atoms with Crippen molar-refractivity contribution < 1.29 is 13.9 Å². The van der Waals surface area contributed by atoms with Gasteiger partial charge in [-0.2, -0.15) is 0 Å². The van der Waals surface area contributed by atoms with Gasteiger partial charge in [0.2, 0.25) is 0 Å². The number of amides is 1. The molecule has 6 nitrogen and oxygen atoms in total. The molecule has 37 heavy (non-hydrogen) atoms. The van der Waals surface area contributed by atoms with Crippen LogP contribution in [0.4, 0.5) is 14.9 Å². The second-order valence-electron chi connectivity index (χ2n) is 8.51. The Balaban J connectivity index is 1.61. The highest BCUT2D eigenvalue weighted by Gasteiger charge is 2.39. The Kier molecular flexibility index (Phi) is 7.12. The Morgan fingerprint density at radius 1 is 0.919 bits per heavy atom. The van der Waals surface area contributed by atoms with Gasteiger partial charge in [0.05, 0.1) is 23.0 Å². The fourth-order valence-corrected chi connectivity index (χ4v) is 6.01. The van der Waals surface area contributed by atoms with Crippen molar-refractivity contribution in [2.24, 2.45) is 5.11 Å². The Morgan fingerprint density at radius 3 is 1.95 bits per heavy atom. The van der Waals surface area contributed by atoms with E-state index in [0.29, 0.717) is 10.6 Å². The summed E-state index contributed by atoms with van der Waals surface area (Å²) in [6.45, 7) is 0.120. The maximum atomic E-state index is 15.8. The van der Waals surface area contributed by atoms with Gasteiger partial charge < -0.3 is 4.74 Å². The second kappa shape index (κ2) is 10.8. The zero-order chi connectivity index (χ0) is 25.7. The molecule has 1 heterocycles. The third-order valence-corrected chi connectivity index (χ3v) is 7.88. The predicted molar refractivity (Wildman–Crippen MR) is 143 cm³/mol. The predicted octanol–water partition coefficient (Wildman–Crippen LogP) is 7.55. The lowest BCUT2D eigenvalue weighted by Gasteiger charge is -2.35. The minimum Gasteiger partial charge on any atom is -0.447 e. The zero-order valence-electron chi connectivity index (χ0n) is 19.8. The molecular weight excluding hydrogens is 487 g/mol. The smallest absolute Gasteiger partial charge is 0.414 e. The van der Waals surface area contributed by atoms with E-state index in [0.717, 1.165) is 16.7 Å². The molecule has 0 spiro atoms. The number of carbonyl (C=O) groups is 1. The maximum Gasteiger partial charge on any atom is 0.414 e. The number of hydrogen-bond acceptors (Lipinski definition) is 4. The zero-order valence-corrected chi connectivity index (χ0v) is 20.6. The summed E-state index contributed by atoms with van der Waals surface area (Å²) in [6, 6.07) is 34.4. The van der Waals surface area contributed by atoms with Gasteiger partial charge in [-0.05, 0) is 40.4 Å². The summed E-state index contributed by atoms with van der Waals surface area (Å²) in [7, 11) is 0. The molecule has 1 fully saturated rings. The first-order chi connectivity index (χ1) is 18.1. The van der Waals surface area contributed by atoms with Crippen molar-refractivity contribution in [3.05, 3.63) is 142 Å². The van der Waals surface area contributed by atoms with Crippen LogP contribution in [0.1, 0.15) is 16.7 Å².